The second-order valence-corrected chi connectivity index (χ2v) is 10.3. The Labute approximate surface area is 155 Å². The zero-order valence-corrected chi connectivity index (χ0v) is 15.8. The van der Waals surface area contributed by atoms with Crippen LogP contribution in [0.25, 0.3) is 0 Å². The number of rotatable bonds is 0. The molecule has 4 fully saturated rings. The number of allylic oxidation sites excluding steroid dienone is 4. The first kappa shape index (κ1) is 15.7. The molecular weight excluding hydrogens is 324 g/mol. The smallest absolute Gasteiger partial charge is 0.306 e. The van der Waals surface area contributed by atoms with Gasteiger partial charge in [0, 0.05) is 23.7 Å². The first-order valence-electron chi connectivity index (χ1n) is 10.6. The van der Waals surface area contributed by atoms with E-state index < -0.39 is 0 Å². The Hall–Kier alpha value is -1.38. The van der Waals surface area contributed by atoms with Gasteiger partial charge in [0.05, 0.1) is 0 Å². The first-order chi connectivity index (χ1) is 12.4. The molecule has 0 bridgehead atoms. The van der Waals surface area contributed by atoms with Crippen molar-refractivity contribution >= 4 is 11.8 Å². The minimum Gasteiger partial charge on any atom is -0.458 e. The van der Waals surface area contributed by atoms with E-state index in [0.717, 1.165) is 31.6 Å². The Morgan fingerprint density at radius 1 is 1.08 bits per heavy atom. The maximum Gasteiger partial charge on any atom is 0.306 e. The molecule has 3 heteroatoms. The Kier molecular flexibility index (Phi) is 2.73. The fraction of sp³-hybridized carbons (Fsp3) is 0.739. The van der Waals surface area contributed by atoms with Crippen molar-refractivity contribution in [3.05, 3.63) is 23.3 Å². The van der Waals surface area contributed by atoms with Crippen molar-refractivity contribution in [2.75, 3.05) is 0 Å². The molecular formula is C23H28O3. The second-order valence-electron chi connectivity index (χ2n) is 10.3. The zero-order chi connectivity index (χ0) is 17.9. The lowest BCUT2D eigenvalue weighted by Gasteiger charge is -2.54. The highest BCUT2D eigenvalue weighted by molar-refractivity contribution is 5.92. The number of ether oxygens (including phenoxy) is 1. The van der Waals surface area contributed by atoms with Crippen LogP contribution in [-0.2, 0) is 14.3 Å². The molecule has 3 saturated carbocycles. The molecule has 0 radical (unpaired) electrons. The van der Waals surface area contributed by atoms with Crippen LogP contribution >= 0.6 is 0 Å². The number of carbonyl (C=O) groups is 2. The summed E-state index contributed by atoms with van der Waals surface area (Å²) < 4.78 is 6.03. The van der Waals surface area contributed by atoms with E-state index in [1.807, 2.05) is 6.08 Å². The van der Waals surface area contributed by atoms with Gasteiger partial charge in [-0.2, -0.15) is 0 Å². The number of ketones is 1. The highest BCUT2D eigenvalue weighted by atomic mass is 16.6. The summed E-state index contributed by atoms with van der Waals surface area (Å²) in [6.45, 7) is 4.81. The average molecular weight is 352 g/mol. The molecule has 1 aliphatic heterocycles. The molecule has 6 aliphatic rings. The van der Waals surface area contributed by atoms with Crippen molar-refractivity contribution in [2.45, 2.75) is 70.8 Å². The van der Waals surface area contributed by atoms with Gasteiger partial charge in [-0.15, -0.1) is 0 Å². The van der Waals surface area contributed by atoms with Crippen LogP contribution in [0.15, 0.2) is 23.3 Å². The third kappa shape index (κ3) is 1.63. The van der Waals surface area contributed by atoms with Gasteiger partial charge in [-0.1, -0.05) is 31.1 Å². The summed E-state index contributed by atoms with van der Waals surface area (Å²) in [6.07, 6.45) is 12.3. The lowest BCUT2D eigenvalue weighted by Crippen LogP contribution is -2.51. The van der Waals surface area contributed by atoms with Crippen molar-refractivity contribution in [1.29, 1.82) is 0 Å². The maximum atomic E-state index is 12.1. The van der Waals surface area contributed by atoms with E-state index in [1.165, 1.54) is 18.4 Å². The average Bonchev–Trinajstić information content (AvgIpc) is 3.23. The summed E-state index contributed by atoms with van der Waals surface area (Å²) >= 11 is 0. The normalized spacial score (nSPS) is 53.9. The van der Waals surface area contributed by atoms with E-state index in [4.69, 9.17) is 4.74 Å². The molecule has 7 atom stereocenters. The third-order valence-corrected chi connectivity index (χ3v) is 9.46. The van der Waals surface area contributed by atoms with Gasteiger partial charge < -0.3 is 4.74 Å². The van der Waals surface area contributed by atoms with E-state index in [2.05, 4.69) is 19.9 Å². The second kappa shape index (κ2) is 4.54. The lowest BCUT2D eigenvalue weighted by atomic mass is 9.50. The molecule has 3 nitrogen and oxygen atoms in total. The van der Waals surface area contributed by atoms with Gasteiger partial charge in [0.25, 0.3) is 0 Å². The highest BCUT2D eigenvalue weighted by Crippen LogP contribution is 2.74. The van der Waals surface area contributed by atoms with Crippen molar-refractivity contribution in [3.8, 4) is 0 Å². The van der Waals surface area contributed by atoms with Crippen molar-refractivity contribution in [3.63, 3.8) is 0 Å². The van der Waals surface area contributed by atoms with Crippen LogP contribution in [0.1, 0.15) is 65.2 Å². The Bertz CT molecular complexity index is 806. The number of carbonyl (C=O) groups excluding carboxylic acids is 2. The first-order valence-corrected chi connectivity index (χ1v) is 10.6. The van der Waals surface area contributed by atoms with Crippen LogP contribution in [-0.4, -0.2) is 17.4 Å². The Morgan fingerprint density at radius 2 is 1.92 bits per heavy atom. The highest BCUT2D eigenvalue weighted by Gasteiger charge is 2.69. The van der Waals surface area contributed by atoms with Crippen molar-refractivity contribution < 1.29 is 14.3 Å². The van der Waals surface area contributed by atoms with Crippen LogP contribution in [0, 0.1) is 34.5 Å². The SMILES string of the molecule is C[C@]12CCC(=O)C=C1[C@@H]1C[C@@H]1[C@@H]1C2=CC[C@@]2(C)[C@H]1CC[C@@]21CCC(=O)O1. The summed E-state index contributed by atoms with van der Waals surface area (Å²) in [7, 11) is 0. The monoisotopic (exact) mass is 352 g/mol. The van der Waals surface area contributed by atoms with Crippen LogP contribution in [0.5, 0.6) is 0 Å². The summed E-state index contributed by atoms with van der Waals surface area (Å²) in [4.78, 5) is 24.0. The maximum absolute atomic E-state index is 12.1. The molecule has 26 heavy (non-hydrogen) atoms. The number of hydrogen-bond acceptors (Lipinski definition) is 3. The summed E-state index contributed by atoms with van der Waals surface area (Å²) in [5.41, 5.74) is 3.09. The van der Waals surface area contributed by atoms with Crippen LogP contribution < -0.4 is 0 Å². The molecule has 0 unspecified atom stereocenters. The molecule has 0 N–H and O–H groups in total. The Morgan fingerprint density at radius 3 is 2.69 bits per heavy atom. The quantitative estimate of drug-likeness (QED) is 0.480. The molecule has 5 aliphatic carbocycles. The van der Waals surface area contributed by atoms with Gasteiger partial charge in [0.1, 0.15) is 5.60 Å². The van der Waals surface area contributed by atoms with Gasteiger partial charge >= 0.3 is 5.97 Å². The molecule has 1 heterocycles. The minimum atomic E-state index is -0.208. The van der Waals surface area contributed by atoms with Crippen LogP contribution in [0.4, 0.5) is 0 Å². The third-order valence-electron chi connectivity index (χ3n) is 9.46. The molecule has 0 aromatic heterocycles. The Balaban J connectivity index is 1.46. The molecule has 0 aromatic rings. The van der Waals surface area contributed by atoms with Crippen LogP contribution in [0.3, 0.4) is 0 Å². The standard InChI is InChI=1S/C23H28O3/c1-21-7-3-13(24)11-18(21)14-12-15(14)20-16(21)4-8-22(2)17(20)5-9-23(22)10-6-19(25)26-23/h4,11,14-15,17,20H,3,5-10,12H2,1-2H3/t14-,15+,17+,20-,21-,22+,23-/m1/s1. The summed E-state index contributed by atoms with van der Waals surface area (Å²) in [5, 5.41) is 0. The van der Waals surface area contributed by atoms with Gasteiger partial charge in [-0.3, -0.25) is 9.59 Å². The predicted octanol–water partition coefficient (Wildman–Crippen LogP) is 4.37. The van der Waals surface area contributed by atoms with Gasteiger partial charge in [-0.25, -0.2) is 0 Å². The zero-order valence-electron chi connectivity index (χ0n) is 15.8. The molecule has 0 aromatic carbocycles. The van der Waals surface area contributed by atoms with Crippen molar-refractivity contribution in [2.24, 2.45) is 34.5 Å². The summed E-state index contributed by atoms with van der Waals surface area (Å²) in [6, 6.07) is 0. The molecule has 1 saturated heterocycles. The topological polar surface area (TPSA) is 43.4 Å². The largest absolute Gasteiger partial charge is 0.458 e. The molecule has 1 spiro atoms. The molecule has 0 amide bonds. The predicted molar refractivity (Wildman–Crippen MR) is 97.1 cm³/mol. The van der Waals surface area contributed by atoms with Gasteiger partial charge in [0.2, 0.25) is 0 Å². The number of fused-ring (bicyclic) bond motifs is 9. The summed E-state index contributed by atoms with van der Waals surface area (Å²) in [5.74, 6) is 2.99. The van der Waals surface area contributed by atoms with E-state index in [0.29, 0.717) is 36.4 Å². The molecule has 6 rings (SSSR count). The van der Waals surface area contributed by atoms with Crippen molar-refractivity contribution in [1.82, 2.24) is 0 Å². The van der Waals surface area contributed by atoms with Gasteiger partial charge in [-0.05, 0) is 68.3 Å². The van der Waals surface area contributed by atoms with E-state index >= 15 is 0 Å². The fourth-order valence-electron chi connectivity index (χ4n) is 7.96. The van der Waals surface area contributed by atoms with Gasteiger partial charge in [0.15, 0.2) is 5.78 Å². The van der Waals surface area contributed by atoms with Crippen LogP contribution in [0.2, 0.25) is 0 Å². The van der Waals surface area contributed by atoms with E-state index in [9.17, 15) is 9.59 Å². The number of hydrogen-bond donors (Lipinski definition) is 0. The van der Waals surface area contributed by atoms with E-state index in [1.54, 1.807) is 5.57 Å². The minimum absolute atomic E-state index is 0.0116. The molecule has 138 valence electrons. The number of esters is 1. The van der Waals surface area contributed by atoms with E-state index in [-0.39, 0.29) is 22.4 Å². The lowest BCUT2D eigenvalue weighted by molar-refractivity contribution is -0.160. The fourth-order valence-corrected chi connectivity index (χ4v) is 7.96.